The molecule has 0 aromatic heterocycles. The molecule has 0 saturated heterocycles. The summed E-state index contributed by atoms with van der Waals surface area (Å²) in [5.41, 5.74) is 10.8. The van der Waals surface area contributed by atoms with Crippen molar-refractivity contribution in [2.45, 2.75) is 12.5 Å². The lowest BCUT2D eigenvalue weighted by atomic mass is 9.89. The first-order valence-electron chi connectivity index (χ1n) is 5.94. The average molecular weight is 301 g/mol. The maximum absolute atomic E-state index is 14.0. The second-order valence-corrected chi connectivity index (χ2v) is 5.11. The first kappa shape index (κ1) is 16.4. The van der Waals surface area contributed by atoms with E-state index in [-0.39, 0.29) is 18.0 Å². The van der Waals surface area contributed by atoms with Crippen LogP contribution in [-0.4, -0.2) is 36.8 Å². The van der Waals surface area contributed by atoms with E-state index in [2.05, 4.69) is 4.99 Å². The molecule has 1 aromatic rings. The Balaban J connectivity index is 0.00000200. The van der Waals surface area contributed by atoms with Crippen molar-refractivity contribution in [1.29, 1.82) is 0 Å². The number of hydrogen-bond donors (Lipinski definition) is 2. The smallest absolute Gasteiger partial charge is 0.248 e. The van der Waals surface area contributed by atoms with Crippen LogP contribution in [0.5, 0.6) is 0 Å². The third-order valence-corrected chi connectivity index (χ3v) is 3.23. The highest BCUT2D eigenvalue weighted by Crippen LogP contribution is 2.31. The minimum Gasteiger partial charge on any atom is -0.386 e. The number of carbonyl (C=O) groups excluding carboxylic acids is 1. The van der Waals surface area contributed by atoms with Crippen LogP contribution in [0.4, 0.5) is 4.39 Å². The van der Waals surface area contributed by atoms with Crippen molar-refractivity contribution < 1.29 is 9.18 Å². The Morgan fingerprint density at radius 2 is 2.15 bits per heavy atom. The molecule has 0 fully saturated rings. The van der Waals surface area contributed by atoms with E-state index in [9.17, 15) is 9.18 Å². The zero-order chi connectivity index (χ0) is 14.2. The van der Waals surface area contributed by atoms with E-state index in [1.807, 2.05) is 11.9 Å². The van der Waals surface area contributed by atoms with E-state index in [1.54, 1.807) is 6.92 Å². The molecule has 4 N–H and O–H groups in total. The number of amides is 1. The number of hydrogen-bond acceptors (Lipinski definition) is 4. The summed E-state index contributed by atoms with van der Waals surface area (Å²) in [6.07, 6.45) is 0. The average Bonchev–Trinajstić information content (AvgIpc) is 2.26. The Morgan fingerprint density at radius 1 is 1.50 bits per heavy atom. The SMILES string of the molecule is CN1CC(N)=NC(C)(c2cc(C(N)=O)ccc2F)C1.Cl. The number of likely N-dealkylation sites (N-methyl/N-ethyl adjacent to an activating group) is 1. The van der Waals surface area contributed by atoms with E-state index in [1.165, 1.54) is 18.2 Å². The Morgan fingerprint density at radius 3 is 2.70 bits per heavy atom. The van der Waals surface area contributed by atoms with Gasteiger partial charge < -0.3 is 11.5 Å². The molecule has 0 spiro atoms. The molecule has 1 aliphatic rings. The summed E-state index contributed by atoms with van der Waals surface area (Å²) in [7, 11) is 1.88. The highest BCUT2D eigenvalue weighted by Gasteiger charge is 2.34. The lowest BCUT2D eigenvalue weighted by Crippen LogP contribution is -2.46. The second kappa shape index (κ2) is 5.76. The Hall–Kier alpha value is -1.66. The lowest BCUT2D eigenvalue weighted by Gasteiger charge is -2.35. The molecule has 1 heterocycles. The largest absolute Gasteiger partial charge is 0.386 e. The molecule has 0 radical (unpaired) electrons. The normalized spacial score (nSPS) is 22.9. The molecular weight excluding hydrogens is 283 g/mol. The van der Waals surface area contributed by atoms with Crippen LogP contribution >= 0.6 is 12.4 Å². The van der Waals surface area contributed by atoms with Gasteiger partial charge in [0.1, 0.15) is 17.2 Å². The van der Waals surface area contributed by atoms with E-state index in [4.69, 9.17) is 11.5 Å². The summed E-state index contributed by atoms with van der Waals surface area (Å²) in [6, 6.07) is 4.05. The van der Waals surface area contributed by atoms with Crippen molar-refractivity contribution in [3.8, 4) is 0 Å². The molecule has 1 unspecified atom stereocenters. The second-order valence-electron chi connectivity index (χ2n) is 5.11. The summed E-state index contributed by atoms with van der Waals surface area (Å²) in [6.45, 7) is 2.86. The van der Waals surface area contributed by atoms with E-state index in [0.29, 0.717) is 24.5 Å². The van der Waals surface area contributed by atoms with Crippen LogP contribution in [0.2, 0.25) is 0 Å². The van der Waals surface area contributed by atoms with Gasteiger partial charge in [0, 0.05) is 17.7 Å². The molecule has 1 amide bonds. The van der Waals surface area contributed by atoms with Crippen LogP contribution in [0.15, 0.2) is 23.2 Å². The number of aliphatic imine (C=N–C) groups is 1. The van der Waals surface area contributed by atoms with Gasteiger partial charge in [-0.3, -0.25) is 14.7 Å². The Bertz CT molecular complexity index is 563. The third-order valence-electron chi connectivity index (χ3n) is 3.23. The highest BCUT2D eigenvalue weighted by molar-refractivity contribution is 5.93. The maximum Gasteiger partial charge on any atom is 0.248 e. The van der Waals surface area contributed by atoms with Crippen LogP contribution < -0.4 is 11.5 Å². The first-order chi connectivity index (χ1) is 8.82. The van der Waals surface area contributed by atoms with Gasteiger partial charge in [0.05, 0.1) is 6.54 Å². The highest BCUT2D eigenvalue weighted by atomic mass is 35.5. The molecule has 2 rings (SSSR count). The van der Waals surface area contributed by atoms with E-state index >= 15 is 0 Å². The van der Waals surface area contributed by atoms with Gasteiger partial charge in [-0.25, -0.2) is 4.39 Å². The van der Waals surface area contributed by atoms with Crippen molar-refractivity contribution in [2.75, 3.05) is 20.1 Å². The van der Waals surface area contributed by atoms with Gasteiger partial charge in [-0.2, -0.15) is 0 Å². The molecule has 0 aliphatic carbocycles. The standard InChI is InChI=1S/C13H17FN4O.ClH/c1-13(7-18(2)6-11(15)17-13)9-5-8(12(16)19)3-4-10(9)14;/h3-5H,6-7H2,1-2H3,(H2,15,17)(H2,16,19);1H. The molecule has 110 valence electrons. The predicted molar refractivity (Wildman–Crippen MR) is 78.6 cm³/mol. The van der Waals surface area contributed by atoms with E-state index in [0.717, 1.165) is 0 Å². The molecule has 0 saturated carbocycles. The number of rotatable bonds is 2. The van der Waals surface area contributed by atoms with Crippen LogP contribution in [-0.2, 0) is 5.54 Å². The maximum atomic E-state index is 14.0. The summed E-state index contributed by atoms with van der Waals surface area (Å²) in [5, 5.41) is 0. The fourth-order valence-electron chi connectivity index (χ4n) is 2.48. The van der Waals surface area contributed by atoms with Crippen molar-refractivity contribution >= 4 is 24.1 Å². The number of amidine groups is 1. The summed E-state index contributed by atoms with van der Waals surface area (Å²) in [5.74, 6) is -0.564. The van der Waals surface area contributed by atoms with Crippen molar-refractivity contribution in [1.82, 2.24) is 4.90 Å². The first-order valence-corrected chi connectivity index (χ1v) is 5.94. The van der Waals surface area contributed by atoms with Gasteiger partial charge in [-0.1, -0.05) is 0 Å². The summed E-state index contributed by atoms with van der Waals surface area (Å²) in [4.78, 5) is 17.5. The fourth-order valence-corrected chi connectivity index (χ4v) is 2.48. The minimum absolute atomic E-state index is 0. The third kappa shape index (κ3) is 3.08. The van der Waals surface area contributed by atoms with E-state index < -0.39 is 17.3 Å². The molecule has 20 heavy (non-hydrogen) atoms. The van der Waals surface area contributed by atoms with Gasteiger partial charge in [0.15, 0.2) is 0 Å². The van der Waals surface area contributed by atoms with Gasteiger partial charge in [-0.15, -0.1) is 12.4 Å². The number of nitrogens with two attached hydrogens (primary N) is 2. The zero-order valence-corrected chi connectivity index (χ0v) is 12.2. The lowest BCUT2D eigenvalue weighted by molar-refractivity contribution is 0.1000. The predicted octanol–water partition coefficient (Wildman–Crippen LogP) is 0.864. The number of halogens is 2. The topological polar surface area (TPSA) is 84.7 Å². The monoisotopic (exact) mass is 300 g/mol. The number of primary amides is 1. The molecule has 1 atom stereocenters. The van der Waals surface area contributed by atoms with Crippen LogP contribution in [0.1, 0.15) is 22.8 Å². The van der Waals surface area contributed by atoms with Gasteiger partial charge >= 0.3 is 0 Å². The molecule has 0 bridgehead atoms. The van der Waals surface area contributed by atoms with Crippen molar-refractivity contribution in [3.05, 3.63) is 35.1 Å². The summed E-state index contributed by atoms with van der Waals surface area (Å²) < 4.78 is 14.0. The fraction of sp³-hybridized carbons (Fsp3) is 0.385. The van der Waals surface area contributed by atoms with Crippen molar-refractivity contribution in [3.63, 3.8) is 0 Å². The number of carbonyl (C=O) groups is 1. The molecule has 5 nitrogen and oxygen atoms in total. The Labute approximate surface area is 123 Å². The molecule has 1 aromatic carbocycles. The van der Waals surface area contributed by atoms with Crippen LogP contribution in [0, 0.1) is 5.82 Å². The number of nitrogens with zero attached hydrogens (tertiary/aromatic N) is 2. The van der Waals surface area contributed by atoms with Crippen LogP contribution in [0.25, 0.3) is 0 Å². The Kier molecular flexibility index (Phi) is 4.73. The zero-order valence-electron chi connectivity index (χ0n) is 11.4. The van der Waals surface area contributed by atoms with Gasteiger partial charge in [0.25, 0.3) is 0 Å². The van der Waals surface area contributed by atoms with Crippen LogP contribution in [0.3, 0.4) is 0 Å². The van der Waals surface area contributed by atoms with Crippen molar-refractivity contribution in [2.24, 2.45) is 16.5 Å². The summed E-state index contributed by atoms with van der Waals surface area (Å²) >= 11 is 0. The molecular formula is C13H18ClFN4O. The van der Waals surface area contributed by atoms with Gasteiger partial charge in [0.2, 0.25) is 5.91 Å². The molecule has 1 aliphatic heterocycles. The van der Waals surface area contributed by atoms with Gasteiger partial charge in [-0.05, 0) is 32.2 Å². The number of benzene rings is 1. The quantitative estimate of drug-likeness (QED) is 0.849. The molecule has 7 heteroatoms. The minimum atomic E-state index is -0.813.